The zero-order chi connectivity index (χ0) is 16.0. The summed E-state index contributed by atoms with van der Waals surface area (Å²) in [6, 6.07) is 5.80. The molecule has 0 spiro atoms. The number of nitrogens with one attached hydrogen (secondary N) is 1. The third-order valence-corrected chi connectivity index (χ3v) is 4.49. The molecule has 1 unspecified atom stereocenters. The van der Waals surface area contributed by atoms with Gasteiger partial charge in [-0.1, -0.05) is 13.0 Å². The van der Waals surface area contributed by atoms with Crippen LogP contribution in [0.25, 0.3) is 16.9 Å². The molecule has 4 rings (SSSR count). The molecule has 3 aromatic heterocycles. The second-order valence-corrected chi connectivity index (χ2v) is 6.26. The molecule has 1 N–H and O–H groups in total. The molecule has 6 heteroatoms. The fourth-order valence-corrected chi connectivity index (χ4v) is 2.90. The normalized spacial score (nSPS) is 15.7. The Morgan fingerprint density at radius 2 is 2.22 bits per heavy atom. The van der Waals surface area contributed by atoms with Crippen LogP contribution in [-0.2, 0) is 11.8 Å². The molecule has 0 saturated heterocycles. The molecule has 6 nitrogen and oxygen atoms in total. The van der Waals surface area contributed by atoms with Gasteiger partial charge in [0.1, 0.15) is 17.2 Å². The van der Waals surface area contributed by atoms with Crippen LogP contribution in [0.15, 0.2) is 36.8 Å². The van der Waals surface area contributed by atoms with Gasteiger partial charge in [-0.15, -0.1) is 0 Å². The molecule has 0 aromatic carbocycles. The standard InChI is InChI=1S/C17H19N5O/c1-11(12-6-7-12)17(23)20-16-15(13-9-18-21(2)10-13)19-14-5-3-4-8-22(14)16/h3-5,8-12H,6-7H2,1-2H3,(H,20,23). The van der Waals surface area contributed by atoms with Gasteiger partial charge >= 0.3 is 0 Å². The molecule has 0 radical (unpaired) electrons. The smallest absolute Gasteiger partial charge is 0.228 e. The summed E-state index contributed by atoms with van der Waals surface area (Å²) >= 11 is 0. The van der Waals surface area contributed by atoms with Crippen LogP contribution in [0.3, 0.4) is 0 Å². The van der Waals surface area contributed by atoms with Crippen LogP contribution >= 0.6 is 0 Å². The first-order chi connectivity index (χ1) is 11.1. The van der Waals surface area contributed by atoms with Crippen molar-refractivity contribution in [2.45, 2.75) is 19.8 Å². The summed E-state index contributed by atoms with van der Waals surface area (Å²) in [7, 11) is 1.87. The molecule has 23 heavy (non-hydrogen) atoms. The SMILES string of the molecule is CC(C(=O)Nc1c(-c2cnn(C)c2)nc2ccccn12)C1CC1. The Morgan fingerprint density at radius 1 is 1.39 bits per heavy atom. The topological polar surface area (TPSA) is 64.2 Å². The van der Waals surface area contributed by atoms with Crippen molar-refractivity contribution in [1.82, 2.24) is 19.2 Å². The average Bonchev–Trinajstić information content (AvgIpc) is 3.22. The Labute approximate surface area is 134 Å². The number of hydrogen-bond donors (Lipinski definition) is 1. The van der Waals surface area contributed by atoms with Gasteiger partial charge in [0.05, 0.1) is 6.20 Å². The van der Waals surface area contributed by atoms with Gasteiger partial charge in [0, 0.05) is 30.9 Å². The van der Waals surface area contributed by atoms with E-state index in [0.29, 0.717) is 11.7 Å². The van der Waals surface area contributed by atoms with Crippen molar-refractivity contribution in [1.29, 1.82) is 0 Å². The van der Waals surface area contributed by atoms with Crippen LogP contribution in [0, 0.1) is 11.8 Å². The fourth-order valence-electron chi connectivity index (χ4n) is 2.90. The molecule has 3 aromatic rings. The van der Waals surface area contributed by atoms with Crippen molar-refractivity contribution in [2.24, 2.45) is 18.9 Å². The van der Waals surface area contributed by atoms with E-state index in [0.717, 1.165) is 29.7 Å². The molecule has 1 aliphatic carbocycles. The van der Waals surface area contributed by atoms with Gasteiger partial charge in [0.25, 0.3) is 0 Å². The Bertz CT molecular complexity index is 874. The van der Waals surface area contributed by atoms with Crippen LogP contribution in [-0.4, -0.2) is 25.1 Å². The van der Waals surface area contributed by atoms with Crippen molar-refractivity contribution in [3.8, 4) is 11.3 Å². The molecule has 1 atom stereocenters. The van der Waals surface area contributed by atoms with Crippen LogP contribution in [0.5, 0.6) is 0 Å². The second kappa shape index (κ2) is 5.22. The highest BCUT2D eigenvalue weighted by atomic mass is 16.2. The van der Waals surface area contributed by atoms with Crippen molar-refractivity contribution in [2.75, 3.05) is 5.32 Å². The summed E-state index contributed by atoms with van der Waals surface area (Å²) in [5.41, 5.74) is 2.45. The first kappa shape index (κ1) is 14.0. The maximum absolute atomic E-state index is 12.6. The Kier molecular flexibility index (Phi) is 3.18. The lowest BCUT2D eigenvalue weighted by Gasteiger charge is -2.12. The van der Waals surface area contributed by atoms with Crippen molar-refractivity contribution in [3.63, 3.8) is 0 Å². The first-order valence-electron chi connectivity index (χ1n) is 7.90. The third-order valence-electron chi connectivity index (χ3n) is 4.49. The fraction of sp³-hybridized carbons (Fsp3) is 0.353. The van der Waals surface area contributed by atoms with Gasteiger partial charge in [0.15, 0.2) is 0 Å². The van der Waals surface area contributed by atoms with E-state index in [-0.39, 0.29) is 11.8 Å². The number of pyridine rings is 1. The molecule has 1 amide bonds. The number of imidazole rings is 1. The number of hydrogen-bond acceptors (Lipinski definition) is 3. The van der Waals surface area contributed by atoms with Gasteiger partial charge in [-0.3, -0.25) is 13.9 Å². The number of carbonyl (C=O) groups is 1. The molecule has 3 heterocycles. The highest BCUT2D eigenvalue weighted by molar-refractivity contribution is 5.96. The predicted molar refractivity (Wildman–Crippen MR) is 87.9 cm³/mol. The Balaban J connectivity index is 1.77. The number of rotatable bonds is 4. The number of aryl methyl sites for hydroxylation is 1. The third kappa shape index (κ3) is 2.50. The minimum Gasteiger partial charge on any atom is -0.310 e. The second-order valence-electron chi connectivity index (χ2n) is 6.26. The minimum atomic E-state index is 0.0333. The lowest BCUT2D eigenvalue weighted by atomic mass is 10.1. The molecule has 1 fully saturated rings. The number of anilines is 1. The highest BCUT2D eigenvalue weighted by Gasteiger charge is 2.33. The average molecular weight is 309 g/mol. The molecule has 118 valence electrons. The van der Waals surface area contributed by atoms with Gasteiger partial charge in [0.2, 0.25) is 5.91 Å². The van der Waals surface area contributed by atoms with E-state index < -0.39 is 0 Å². The van der Waals surface area contributed by atoms with Crippen LogP contribution in [0.4, 0.5) is 5.82 Å². The summed E-state index contributed by atoms with van der Waals surface area (Å²) < 4.78 is 3.65. The number of amides is 1. The maximum Gasteiger partial charge on any atom is 0.228 e. The first-order valence-corrected chi connectivity index (χ1v) is 7.90. The van der Waals surface area contributed by atoms with Crippen LogP contribution in [0.2, 0.25) is 0 Å². The zero-order valence-corrected chi connectivity index (χ0v) is 13.2. The summed E-state index contributed by atoms with van der Waals surface area (Å²) in [5, 5.41) is 7.30. The van der Waals surface area contributed by atoms with Gasteiger partial charge < -0.3 is 5.32 Å². The van der Waals surface area contributed by atoms with E-state index >= 15 is 0 Å². The van der Waals surface area contributed by atoms with E-state index in [9.17, 15) is 4.79 Å². The lowest BCUT2D eigenvalue weighted by molar-refractivity contribution is -0.119. The van der Waals surface area contributed by atoms with Crippen molar-refractivity contribution in [3.05, 3.63) is 36.8 Å². The molecule has 1 saturated carbocycles. The highest BCUT2D eigenvalue weighted by Crippen LogP contribution is 2.37. The van der Waals surface area contributed by atoms with Gasteiger partial charge in [-0.2, -0.15) is 5.10 Å². The summed E-state index contributed by atoms with van der Waals surface area (Å²) in [5.74, 6) is 1.33. The van der Waals surface area contributed by atoms with Gasteiger partial charge in [-0.05, 0) is 30.9 Å². The number of aromatic nitrogens is 4. The zero-order valence-electron chi connectivity index (χ0n) is 13.2. The van der Waals surface area contributed by atoms with E-state index in [4.69, 9.17) is 0 Å². The van der Waals surface area contributed by atoms with Crippen molar-refractivity contribution < 1.29 is 4.79 Å². The summed E-state index contributed by atoms with van der Waals surface area (Å²) in [4.78, 5) is 17.2. The van der Waals surface area contributed by atoms with Gasteiger partial charge in [-0.25, -0.2) is 4.98 Å². The summed E-state index contributed by atoms with van der Waals surface area (Å²) in [6.45, 7) is 2.00. The molecule has 0 aliphatic heterocycles. The largest absolute Gasteiger partial charge is 0.310 e. The molecular weight excluding hydrogens is 290 g/mol. The molecule has 0 bridgehead atoms. The molecular formula is C17H19N5O. The molecule has 1 aliphatic rings. The van der Waals surface area contributed by atoms with E-state index in [2.05, 4.69) is 15.4 Å². The van der Waals surface area contributed by atoms with Crippen molar-refractivity contribution >= 4 is 17.4 Å². The van der Waals surface area contributed by atoms with E-state index in [1.54, 1.807) is 10.9 Å². The lowest BCUT2D eigenvalue weighted by Crippen LogP contribution is -2.22. The summed E-state index contributed by atoms with van der Waals surface area (Å²) in [6.07, 6.45) is 7.89. The Hall–Kier alpha value is -2.63. The van der Waals surface area contributed by atoms with Crippen LogP contribution in [0.1, 0.15) is 19.8 Å². The number of carbonyl (C=O) groups excluding carboxylic acids is 1. The number of nitrogens with zero attached hydrogens (tertiary/aromatic N) is 4. The predicted octanol–water partition coefficient (Wildman–Crippen LogP) is 2.72. The van der Waals surface area contributed by atoms with E-state index in [1.165, 1.54) is 0 Å². The Morgan fingerprint density at radius 3 is 2.91 bits per heavy atom. The quantitative estimate of drug-likeness (QED) is 0.806. The minimum absolute atomic E-state index is 0.0333. The number of fused-ring (bicyclic) bond motifs is 1. The monoisotopic (exact) mass is 309 g/mol. The van der Waals surface area contributed by atoms with Crippen LogP contribution < -0.4 is 5.32 Å². The maximum atomic E-state index is 12.6. The van der Waals surface area contributed by atoms with E-state index in [1.807, 2.05) is 49.0 Å².